The Morgan fingerprint density at radius 3 is 2.39 bits per heavy atom. The molecule has 1 atom stereocenters. The maximum Gasteiger partial charge on any atom is 0.280 e. The van der Waals surface area contributed by atoms with Crippen molar-refractivity contribution >= 4 is 29.3 Å². The van der Waals surface area contributed by atoms with E-state index in [9.17, 15) is 19.2 Å². The van der Waals surface area contributed by atoms with E-state index in [2.05, 4.69) is 25.4 Å². The van der Waals surface area contributed by atoms with Crippen molar-refractivity contribution in [1.82, 2.24) is 25.4 Å². The summed E-state index contributed by atoms with van der Waals surface area (Å²) in [5.41, 5.74) is 1.13. The molecule has 0 bridgehead atoms. The van der Waals surface area contributed by atoms with Gasteiger partial charge >= 0.3 is 0 Å². The van der Waals surface area contributed by atoms with Crippen LogP contribution in [0.3, 0.4) is 0 Å². The molecule has 1 aromatic rings. The monoisotopic (exact) mass is 426 g/mol. The minimum absolute atomic E-state index is 0.0779. The van der Waals surface area contributed by atoms with Gasteiger partial charge in [-0.1, -0.05) is 0 Å². The number of amides is 4. The third-order valence-corrected chi connectivity index (χ3v) is 6.76. The van der Waals surface area contributed by atoms with Gasteiger partial charge in [-0.15, -0.1) is 0 Å². The number of hydrogen-bond donors (Lipinski definition) is 2. The molecule has 5 heterocycles. The highest BCUT2D eigenvalue weighted by Crippen LogP contribution is 2.30. The summed E-state index contributed by atoms with van der Waals surface area (Å²) in [5.74, 6) is -2.08. The lowest BCUT2D eigenvalue weighted by Crippen LogP contribution is -2.54. The summed E-state index contributed by atoms with van der Waals surface area (Å²) in [5, 5.41) is 5.59. The molecule has 10 nitrogen and oxygen atoms in total. The molecule has 0 spiro atoms. The number of pyridine rings is 1. The van der Waals surface area contributed by atoms with E-state index in [4.69, 9.17) is 0 Å². The number of fused-ring (bicyclic) bond motifs is 1. The molecule has 164 valence electrons. The summed E-state index contributed by atoms with van der Waals surface area (Å²) >= 11 is 0. The zero-order valence-corrected chi connectivity index (χ0v) is 17.3. The van der Waals surface area contributed by atoms with Crippen molar-refractivity contribution in [3.63, 3.8) is 0 Å². The van der Waals surface area contributed by atoms with Gasteiger partial charge in [0.25, 0.3) is 11.8 Å². The third kappa shape index (κ3) is 3.59. The highest BCUT2D eigenvalue weighted by Gasteiger charge is 2.45. The number of piperazine rings is 1. The van der Waals surface area contributed by atoms with E-state index < -0.39 is 23.8 Å². The Labute approximate surface area is 179 Å². The molecule has 5 rings (SSSR count). The van der Waals surface area contributed by atoms with Crippen LogP contribution in [0.1, 0.15) is 46.5 Å². The predicted molar refractivity (Wildman–Crippen MR) is 111 cm³/mol. The van der Waals surface area contributed by atoms with Gasteiger partial charge in [-0.3, -0.25) is 34.3 Å². The van der Waals surface area contributed by atoms with E-state index in [0.29, 0.717) is 6.04 Å². The van der Waals surface area contributed by atoms with Crippen LogP contribution in [0.25, 0.3) is 0 Å². The van der Waals surface area contributed by atoms with E-state index in [1.165, 1.54) is 0 Å². The summed E-state index contributed by atoms with van der Waals surface area (Å²) in [4.78, 5) is 59.4. The van der Waals surface area contributed by atoms with Crippen molar-refractivity contribution in [1.29, 1.82) is 0 Å². The van der Waals surface area contributed by atoms with Crippen molar-refractivity contribution in [2.24, 2.45) is 0 Å². The highest BCUT2D eigenvalue weighted by molar-refractivity contribution is 6.22. The molecule has 4 amide bonds. The van der Waals surface area contributed by atoms with Gasteiger partial charge in [0.2, 0.25) is 11.8 Å². The molecule has 0 saturated carbocycles. The van der Waals surface area contributed by atoms with Crippen LogP contribution in [0.4, 0.5) is 5.69 Å². The average Bonchev–Trinajstić information content (AvgIpc) is 3.04. The molecule has 1 aromatic heterocycles. The molecule has 0 aromatic carbocycles. The van der Waals surface area contributed by atoms with Gasteiger partial charge in [0.05, 0.1) is 17.4 Å². The van der Waals surface area contributed by atoms with E-state index in [1.54, 1.807) is 12.3 Å². The molecular formula is C21H26N6O4. The molecule has 3 saturated heterocycles. The second kappa shape index (κ2) is 8.01. The fourth-order valence-electron chi connectivity index (χ4n) is 5.04. The smallest absolute Gasteiger partial charge is 0.280 e. The lowest BCUT2D eigenvalue weighted by molar-refractivity contribution is -0.136. The van der Waals surface area contributed by atoms with Crippen LogP contribution in [0.5, 0.6) is 0 Å². The first-order valence-electron chi connectivity index (χ1n) is 10.9. The lowest BCUT2D eigenvalue weighted by Gasteiger charge is -2.41. The summed E-state index contributed by atoms with van der Waals surface area (Å²) in [7, 11) is 0. The molecule has 4 aliphatic rings. The highest BCUT2D eigenvalue weighted by atomic mass is 16.2. The van der Waals surface area contributed by atoms with Gasteiger partial charge in [0.15, 0.2) is 0 Å². The SMILES string of the molecule is O=C1CCC(N2C(=O)c3cc(N4CCC(N5CCNCC5)CC4)cnc3C2=O)C(=O)N1. The summed E-state index contributed by atoms with van der Waals surface area (Å²) in [6.07, 6.45) is 3.98. The van der Waals surface area contributed by atoms with E-state index in [-0.39, 0.29) is 30.0 Å². The first kappa shape index (κ1) is 20.1. The van der Waals surface area contributed by atoms with Crippen molar-refractivity contribution < 1.29 is 19.2 Å². The Morgan fingerprint density at radius 2 is 1.68 bits per heavy atom. The van der Waals surface area contributed by atoms with Gasteiger partial charge in [-0.25, -0.2) is 4.98 Å². The molecule has 3 fully saturated rings. The lowest BCUT2D eigenvalue weighted by atomic mass is 10.0. The maximum absolute atomic E-state index is 13.0. The number of carbonyl (C=O) groups is 4. The number of anilines is 1. The summed E-state index contributed by atoms with van der Waals surface area (Å²) in [6.45, 7) is 5.97. The number of carbonyl (C=O) groups excluding carboxylic acids is 4. The minimum atomic E-state index is -0.967. The molecular weight excluding hydrogens is 400 g/mol. The van der Waals surface area contributed by atoms with Gasteiger partial charge in [0.1, 0.15) is 11.7 Å². The predicted octanol–water partition coefficient (Wildman–Crippen LogP) is -0.643. The molecule has 0 aliphatic carbocycles. The second-order valence-corrected chi connectivity index (χ2v) is 8.54. The topological polar surface area (TPSA) is 115 Å². The minimum Gasteiger partial charge on any atom is -0.370 e. The largest absolute Gasteiger partial charge is 0.370 e. The van der Waals surface area contributed by atoms with Gasteiger partial charge < -0.3 is 10.2 Å². The van der Waals surface area contributed by atoms with Gasteiger partial charge in [0, 0.05) is 51.7 Å². The fourth-order valence-corrected chi connectivity index (χ4v) is 5.04. The zero-order valence-electron chi connectivity index (χ0n) is 17.3. The molecule has 1 unspecified atom stereocenters. The second-order valence-electron chi connectivity index (χ2n) is 8.54. The molecule has 2 N–H and O–H groups in total. The average molecular weight is 426 g/mol. The van der Waals surface area contributed by atoms with E-state index in [1.807, 2.05) is 0 Å². The van der Waals surface area contributed by atoms with Gasteiger partial charge in [-0.2, -0.15) is 0 Å². The van der Waals surface area contributed by atoms with Crippen LogP contribution in [0.2, 0.25) is 0 Å². The third-order valence-electron chi connectivity index (χ3n) is 6.76. The number of rotatable bonds is 3. The Morgan fingerprint density at radius 1 is 0.935 bits per heavy atom. The Balaban J connectivity index is 1.29. The quantitative estimate of drug-likeness (QED) is 0.614. The number of nitrogens with one attached hydrogen (secondary N) is 2. The van der Waals surface area contributed by atoms with Crippen LogP contribution >= 0.6 is 0 Å². The Hall–Kier alpha value is -2.85. The number of hydrogen-bond acceptors (Lipinski definition) is 8. The first-order valence-corrected chi connectivity index (χ1v) is 10.9. The van der Waals surface area contributed by atoms with Gasteiger partial charge in [-0.05, 0) is 25.3 Å². The molecule has 4 aliphatic heterocycles. The normalized spacial score (nSPS) is 25.7. The number of imide groups is 2. The van der Waals surface area contributed by atoms with Crippen LogP contribution < -0.4 is 15.5 Å². The zero-order chi connectivity index (χ0) is 21.5. The molecule has 10 heteroatoms. The van der Waals surface area contributed by atoms with E-state index >= 15 is 0 Å². The number of nitrogens with zero attached hydrogens (tertiary/aromatic N) is 4. The molecule has 31 heavy (non-hydrogen) atoms. The van der Waals surface area contributed by atoms with Crippen LogP contribution in [0.15, 0.2) is 12.3 Å². The fraction of sp³-hybridized carbons (Fsp3) is 0.571. The van der Waals surface area contributed by atoms with Crippen molar-refractivity contribution in [3.8, 4) is 0 Å². The maximum atomic E-state index is 13.0. The van der Waals surface area contributed by atoms with Crippen LogP contribution in [-0.4, -0.2) is 89.8 Å². The number of aromatic nitrogens is 1. The first-order chi connectivity index (χ1) is 15.0. The Kier molecular flexibility index (Phi) is 5.19. The van der Waals surface area contributed by atoms with Crippen LogP contribution in [0, 0.1) is 0 Å². The van der Waals surface area contributed by atoms with Crippen LogP contribution in [-0.2, 0) is 9.59 Å². The standard InChI is InChI=1S/C21H26N6O4/c28-17-2-1-16(19(29)24-17)27-20(30)15-11-14(12-23-18(15)21(27)31)25-7-3-13(4-8-25)26-9-5-22-6-10-26/h11-13,16,22H,1-10H2,(H,24,28,29). The summed E-state index contributed by atoms with van der Waals surface area (Å²) in [6, 6.07) is 1.33. The molecule has 0 radical (unpaired) electrons. The number of piperidine rings is 2. The van der Waals surface area contributed by atoms with E-state index in [0.717, 1.165) is 62.7 Å². The van der Waals surface area contributed by atoms with Crippen molar-refractivity contribution in [2.75, 3.05) is 44.2 Å². The van der Waals surface area contributed by atoms with Crippen molar-refractivity contribution in [2.45, 2.75) is 37.8 Å². The van der Waals surface area contributed by atoms with Crippen molar-refractivity contribution in [3.05, 3.63) is 23.5 Å². The summed E-state index contributed by atoms with van der Waals surface area (Å²) < 4.78 is 0. The Bertz CT molecular complexity index is 936.